The molecule has 1 saturated heterocycles. The third kappa shape index (κ3) is 4.88. The molecule has 0 radical (unpaired) electrons. The first-order chi connectivity index (χ1) is 12.7. The van der Waals surface area contributed by atoms with Crippen molar-refractivity contribution in [1.82, 2.24) is 24.6 Å². The predicted molar refractivity (Wildman–Crippen MR) is 103 cm³/mol. The molecular formula is C18H28N6OS. The normalized spacial score (nSPS) is 18.2. The minimum Gasteiger partial charge on any atom is -0.331 e. The Morgan fingerprint density at radius 2 is 2.27 bits per heavy atom. The first kappa shape index (κ1) is 19.0. The van der Waals surface area contributed by atoms with Crippen molar-refractivity contribution < 1.29 is 4.79 Å². The number of hydrogen-bond donors (Lipinski definition) is 1. The number of aryl methyl sites for hydroxylation is 2. The highest BCUT2D eigenvalue weighted by Crippen LogP contribution is 2.23. The van der Waals surface area contributed by atoms with Crippen LogP contribution in [0.2, 0.25) is 0 Å². The minimum atomic E-state index is -0.00909. The summed E-state index contributed by atoms with van der Waals surface area (Å²) in [7, 11) is 0. The van der Waals surface area contributed by atoms with Crippen LogP contribution in [-0.2, 0) is 17.6 Å². The van der Waals surface area contributed by atoms with Gasteiger partial charge in [-0.1, -0.05) is 31.6 Å². The van der Waals surface area contributed by atoms with E-state index >= 15 is 0 Å². The SMILES string of the molecule is CCCCc1nnc(NC(=O)CN2CCCC(n3ccnc3CC)C2)s1. The van der Waals surface area contributed by atoms with E-state index in [1.54, 1.807) is 0 Å². The molecule has 3 heterocycles. The second-order valence-corrected chi connectivity index (χ2v) is 7.85. The molecule has 1 N–H and O–H groups in total. The average molecular weight is 377 g/mol. The number of rotatable bonds is 8. The van der Waals surface area contributed by atoms with Crippen molar-refractivity contribution in [2.45, 2.75) is 58.4 Å². The van der Waals surface area contributed by atoms with E-state index < -0.39 is 0 Å². The third-order valence-corrected chi connectivity index (χ3v) is 5.66. The molecule has 3 rings (SSSR count). The van der Waals surface area contributed by atoms with E-state index in [4.69, 9.17) is 0 Å². The van der Waals surface area contributed by atoms with Crippen LogP contribution in [0.1, 0.15) is 56.4 Å². The maximum atomic E-state index is 12.4. The molecule has 2 aromatic rings. The van der Waals surface area contributed by atoms with Crippen molar-refractivity contribution >= 4 is 22.4 Å². The molecule has 1 unspecified atom stereocenters. The fraction of sp³-hybridized carbons (Fsp3) is 0.667. The highest BCUT2D eigenvalue weighted by Gasteiger charge is 2.24. The van der Waals surface area contributed by atoms with Crippen LogP contribution in [0.25, 0.3) is 0 Å². The summed E-state index contributed by atoms with van der Waals surface area (Å²) in [6.45, 7) is 6.52. The summed E-state index contributed by atoms with van der Waals surface area (Å²) >= 11 is 1.48. The molecule has 0 bridgehead atoms. The zero-order chi connectivity index (χ0) is 18.4. The van der Waals surface area contributed by atoms with Crippen LogP contribution < -0.4 is 5.32 Å². The lowest BCUT2D eigenvalue weighted by Gasteiger charge is -2.33. The first-order valence-electron chi connectivity index (χ1n) is 9.55. The number of imidazole rings is 1. The lowest BCUT2D eigenvalue weighted by Crippen LogP contribution is -2.41. The van der Waals surface area contributed by atoms with Crippen LogP contribution in [0.3, 0.4) is 0 Å². The van der Waals surface area contributed by atoms with Crippen molar-refractivity contribution in [3.05, 3.63) is 23.2 Å². The van der Waals surface area contributed by atoms with Gasteiger partial charge in [-0.05, 0) is 25.8 Å². The molecule has 142 valence electrons. The number of carbonyl (C=O) groups excluding carboxylic acids is 1. The van der Waals surface area contributed by atoms with Crippen LogP contribution in [0, 0.1) is 0 Å². The molecule has 8 heteroatoms. The molecular weight excluding hydrogens is 348 g/mol. The maximum absolute atomic E-state index is 12.4. The predicted octanol–water partition coefficient (Wildman–Crippen LogP) is 2.92. The number of piperidine rings is 1. The van der Waals surface area contributed by atoms with E-state index in [0.29, 0.717) is 17.7 Å². The first-order valence-corrected chi connectivity index (χ1v) is 10.4. The molecule has 26 heavy (non-hydrogen) atoms. The number of unbranched alkanes of at least 4 members (excludes halogenated alkanes) is 1. The van der Waals surface area contributed by atoms with Gasteiger partial charge in [-0.2, -0.15) is 0 Å². The Balaban J connectivity index is 1.51. The fourth-order valence-electron chi connectivity index (χ4n) is 3.45. The number of anilines is 1. The number of aromatic nitrogens is 4. The number of nitrogens with zero attached hydrogens (tertiary/aromatic N) is 5. The zero-order valence-corrected chi connectivity index (χ0v) is 16.5. The second kappa shape index (κ2) is 9.23. The Hall–Kier alpha value is -1.80. The number of carbonyl (C=O) groups is 1. The summed E-state index contributed by atoms with van der Waals surface area (Å²) in [6.07, 6.45) is 10.3. The lowest BCUT2D eigenvalue weighted by molar-refractivity contribution is -0.117. The standard InChI is InChI=1S/C18H28N6OS/c1-3-5-8-17-21-22-18(26-17)20-16(25)13-23-10-6-7-14(12-23)24-11-9-19-15(24)4-2/h9,11,14H,3-8,10,12-13H2,1-2H3,(H,20,22,25). The van der Waals surface area contributed by atoms with Crippen molar-refractivity contribution in [3.63, 3.8) is 0 Å². The summed E-state index contributed by atoms with van der Waals surface area (Å²) in [5, 5.41) is 12.7. The summed E-state index contributed by atoms with van der Waals surface area (Å²) < 4.78 is 2.27. The molecule has 1 amide bonds. The highest BCUT2D eigenvalue weighted by molar-refractivity contribution is 7.15. The summed E-state index contributed by atoms with van der Waals surface area (Å²) in [5.74, 6) is 1.11. The topological polar surface area (TPSA) is 75.9 Å². The van der Waals surface area contributed by atoms with Gasteiger partial charge in [0.05, 0.1) is 6.54 Å². The van der Waals surface area contributed by atoms with Gasteiger partial charge in [-0.25, -0.2) is 4.98 Å². The van der Waals surface area contributed by atoms with Crippen LogP contribution in [0.5, 0.6) is 0 Å². The van der Waals surface area contributed by atoms with Gasteiger partial charge in [0.2, 0.25) is 11.0 Å². The summed E-state index contributed by atoms with van der Waals surface area (Å²) in [6, 6.07) is 0.399. The Morgan fingerprint density at radius 3 is 3.08 bits per heavy atom. The molecule has 1 fully saturated rings. The molecule has 0 saturated carbocycles. The van der Waals surface area contributed by atoms with E-state index in [-0.39, 0.29) is 5.91 Å². The van der Waals surface area contributed by atoms with Crippen LogP contribution >= 0.6 is 11.3 Å². The molecule has 0 spiro atoms. The van der Waals surface area contributed by atoms with Gasteiger partial charge in [0, 0.05) is 37.8 Å². The van der Waals surface area contributed by atoms with Crippen LogP contribution in [0.4, 0.5) is 5.13 Å². The van der Waals surface area contributed by atoms with Gasteiger partial charge in [0.1, 0.15) is 10.8 Å². The van der Waals surface area contributed by atoms with Gasteiger partial charge in [-0.3, -0.25) is 15.0 Å². The molecule has 1 aliphatic heterocycles. The number of hydrogen-bond acceptors (Lipinski definition) is 6. The van der Waals surface area contributed by atoms with Crippen molar-refractivity contribution in [2.75, 3.05) is 25.0 Å². The molecule has 1 aliphatic rings. The number of nitrogens with one attached hydrogen (secondary N) is 1. The van der Waals surface area contributed by atoms with E-state index in [2.05, 4.69) is 50.0 Å². The molecule has 7 nitrogen and oxygen atoms in total. The summed E-state index contributed by atoms with van der Waals surface area (Å²) in [5.41, 5.74) is 0. The average Bonchev–Trinajstić information content (AvgIpc) is 3.29. The summed E-state index contributed by atoms with van der Waals surface area (Å²) in [4.78, 5) is 19.0. The largest absolute Gasteiger partial charge is 0.331 e. The Labute approximate surface area is 158 Å². The van der Waals surface area contributed by atoms with Crippen molar-refractivity contribution in [1.29, 1.82) is 0 Å². The lowest BCUT2D eigenvalue weighted by atomic mass is 10.1. The Kier molecular flexibility index (Phi) is 6.73. The Bertz CT molecular complexity index is 712. The van der Waals surface area contributed by atoms with Crippen LogP contribution in [0.15, 0.2) is 12.4 Å². The van der Waals surface area contributed by atoms with Gasteiger partial charge >= 0.3 is 0 Å². The van der Waals surface area contributed by atoms with Crippen LogP contribution in [-0.4, -0.2) is 50.2 Å². The van der Waals surface area contributed by atoms with Gasteiger partial charge < -0.3 is 4.57 Å². The number of likely N-dealkylation sites (tertiary alicyclic amines) is 1. The smallest absolute Gasteiger partial charge is 0.240 e. The van der Waals surface area contributed by atoms with E-state index in [0.717, 1.165) is 62.4 Å². The molecule has 0 aromatic carbocycles. The minimum absolute atomic E-state index is 0.00909. The van der Waals surface area contributed by atoms with E-state index in [9.17, 15) is 4.79 Å². The van der Waals surface area contributed by atoms with Gasteiger partial charge in [0.15, 0.2) is 0 Å². The quantitative estimate of drug-likeness (QED) is 0.767. The monoisotopic (exact) mass is 376 g/mol. The zero-order valence-electron chi connectivity index (χ0n) is 15.6. The highest BCUT2D eigenvalue weighted by atomic mass is 32.1. The van der Waals surface area contributed by atoms with Crippen molar-refractivity contribution in [3.8, 4) is 0 Å². The third-order valence-electron chi connectivity index (χ3n) is 4.76. The van der Waals surface area contributed by atoms with E-state index in [1.165, 1.54) is 11.3 Å². The maximum Gasteiger partial charge on any atom is 0.240 e. The molecule has 2 aromatic heterocycles. The van der Waals surface area contributed by atoms with Crippen molar-refractivity contribution in [2.24, 2.45) is 0 Å². The second-order valence-electron chi connectivity index (χ2n) is 6.79. The van der Waals surface area contributed by atoms with E-state index in [1.807, 2.05) is 6.20 Å². The Morgan fingerprint density at radius 1 is 1.38 bits per heavy atom. The molecule has 1 atom stereocenters. The molecule has 0 aliphatic carbocycles. The van der Waals surface area contributed by atoms with Gasteiger partial charge in [-0.15, -0.1) is 10.2 Å². The fourth-order valence-corrected chi connectivity index (χ4v) is 4.24. The number of amides is 1. The van der Waals surface area contributed by atoms with Gasteiger partial charge in [0.25, 0.3) is 0 Å².